The maximum Gasteiger partial charge on any atom is 0.332 e. The molecule has 0 amide bonds. The summed E-state index contributed by atoms with van der Waals surface area (Å²) < 4.78 is 4.98. The van der Waals surface area contributed by atoms with Gasteiger partial charge in [0.2, 0.25) is 11.7 Å². The number of rotatable bonds is 6. The molecule has 0 aliphatic rings. The molecule has 9 heteroatoms. The number of aromatic nitrogens is 5. The van der Waals surface area contributed by atoms with E-state index in [2.05, 4.69) is 11.6 Å². The second-order valence-corrected chi connectivity index (χ2v) is 7.39. The van der Waals surface area contributed by atoms with E-state index >= 15 is 0 Å². The number of hydrogen-bond acceptors (Lipinski definition) is 5. The molecule has 0 atom stereocenters. The van der Waals surface area contributed by atoms with Gasteiger partial charge in [-0.25, -0.2) is 9.20 Å². The zero-order valence-corrected chi connectivity index (χ0v) is 17.4. The van der Waals surface area contributed by atoms with E-state index in [1.165, 1.54) is 26.7 Å². The van der Waals surface area contributed by atoms with Crippen LogP contribution in [-0.2, 0) is 26.6 Å². The third-order valence-electron chi connectivity index (χ3n) is 5.34. The van der Waals surface area contributed by atoms with Crippen molar-refractivity contribution in [3.05, 3.63) is 85.3 Å². The number of aromatic hydroxyl groups is 1. The van der Waals surface area contributed by atoms with E-state index in [9.17, 15) is 19.5 Å². The Morgan fingerprint density at radius 1 is 1.10 bits per heavy atom. The van der Waals surface area contributed by atoms with Gasteiger partial charge in [0.25, 0.3) is 11.1 Å². The summed E-state index contributed by atoms with van der Waals surface area (Å²) in [6.07, 6.45) is 2.49. The molecule has 0 saturated heterocycles. The zero-order chi connectivity index (χ0) is 22.3. The minimum Gasteiger partial charge on any atom is -0.494 e. The fraction of sp³-hybridized carbons (Fsp3) is 0.273. The van der Waals surface area contributed by atoms with Crippen molar-refractivity contribution in [2.45, 2.75) is 32.9 Å². The summed E-state index contributed by atoms with van der Waals surface area (Å²) in [6, 6.07) is 9.37. The molecule has 3 heterocycles. The highest BCUT2D eigenvalue weighted by Gasteiger charge is 2.24. The molecule has 0 aliphatic carbocycles. The molecule has 1 N–H and O–H groups in total. The first kappa shape index (κ1) is 20.4. The van der Waals surface area contributed by atoms with Gasteiger partial charge in [-0.05, 0) is 12.0 Å². The summed E-state index contributed by atoms with van der Waals surface area (Å²) in [7, 11) is 1.37. The van der Waals surface area contributed by atoms with E-state index in [0.717, 1.165) is 10.1 Å². The van der Waals surface area contributed by atoms with Gasteiger partial charge in [0.1, 0.15) is 0 Å². The van der Waals surface area contributed by atoms with Crippen LogP contribution in [0.5, 0.6) is 5.88 Å². The number of allylic oxidation sites excluding steroid dienone is 1. The van der Waals surface area contributed by atoms with Crippen molar-refractivity contribution in [1.82, 2.24) is 23.1 Å². The Bertz CT molecular complexity index is 1490. The molecule has 31 heavy (non-hydrogen) atoms. The SMILES string of the molecule is C=CCn1c(=O)n(C)c(=O)c2c1nc1n(Cc3ccccc3)c(=O)c(CCC)c(O)n21. The number of hydrogen-bond donors (Lipinski definition) is 1. The van der Waals surface area contributed by atoms with Crippen LogP contribution in [0, 0.1) is 0 Å². The van der Waals surface area contributed by atoms with E-state index in [4.69, 9.17) is 0 Å². The molecular weight excluding hydrogens is 398 g/mol. The molecule has 0 spiro atoms. The first-order valence-electron chi connectivity index (χ1n) is 10.0. The minimum absolute atomic E-state index is 0.0376. The van der Waals surface area contributed by atoms with Gasteiger partial charge in [-0.15, -0.1) is 6.58 Å². The number of benzene rings is 1. The lowest BCUT2D eigenvalue weighted by atomic mass is 10.1. The fourth-order valence-corrected chi connectivity index (χ4v) is 3.83. The summed E-state index contributed by atoms with van der Waals surface area (Å²) in [6.45, 7) is 5.90. The lowest BCUT2D eigenvalue weighted by Gasteiger charge is -2.13. The van der Waals surface area contributed by atoms with Crippen molar-refractivity contribution in [1.29, 1.82) is 0 Å². The number of nitrogens with zero attached hydrogens (tertiary/aromatic N) is 5. The Hall–Kier alpha value is -3.88. The van der Waals surface area contributed by atoms with E-state index < -0.39 is 11.2 Å². The quantitative estimate of drug-likeness (QED) is 0.474. The second kappa shape index (κ2) is 7.75. The molecule has 1 aromatic carbocycles. The fourth-order valence-electron chi connectivity index (χ4n) is 3.83. The minimum atomic E-state index is -0.601. The van der Waals surface area contributed by atoms with E-state index in [1.807, 2.05) is 37.3 Å². The molecule has 3 aromatic heterocycles. The molecule has 0 radical (unpaired) electrons. The zero-order valence-electron chi connectivity index (χ0n) is 17.4. The summed E-state index contributed by atoms with van der Waals surface area (Å²) in [4.78, 5) is 43.5. The Kier molecular flexibility index (Phi) is 5.10. The highest BCUT2D eigenvalue weighted by atomic mass is 16.3. The summed E-state index contributed by atoms with van der Waals surface area (Å²) in [5.74, 6) is -0.226. The maximum absolute atomic E-state index is 13.3. The van der Waals surface area contributed by atoms with Crippen LogP contribution in [0.1, 0.15) is 24.5 Å². The predicted octanol–water partition coefficient (Wildman–Crippen LogP) is 1.40. The summed E-state index contributed by atoms with van der Waals surface area (Å²) >= 11 is 0. The van der Waals surface area contributed by atoms with Gasteiger partial charge >= 0.3 is 5.69 Å². The maximum atomic E-state index is 13.3. The number of imidazole rings is 1. The van der Waals surface area contributed by atoms with E-state index in [0.29, 0.717) is 12.8 Å². The molecule has 9 nitrogen and oxygen atoms in total. The molecule has 160 valence electrons. The van der Waals surface area contributed by atoms with Crippen LogP contribution >= 0.6 is 0 Å². The average Bonchev–Trinajstić information content (AvgIpc) is 3.17. The molecule has 0 bridgehead atoms. The van der Waals surface area contributed by atoms with Crippen LogP contribution < -0.4 is 16.8 Å². The van der Waals surface area contributed by atoms with Crippen LogP contribution in [0.15, 0.2) is 57.4 Å². The lowest BCUT2D eigenvalue weighted by molar-refractivity contribution is 0.433. The molecule has 0 unspecified atom stereocenters. The highest BCUT2D eigenvalue weighted by Crippen LogP contribution is 2.23. The normalized spacial score (nSPS) is 11.4. The third-order valence-corrected chi connectivity index (χ3v) is 5.34. The first-order chi connectivity index (χ1) is 14.9. The molecule has 4 rings (SSSR count). The van der Waals surface area contributed by atoms with Gasteiger partial charge in [-0.2, -0.15) is 4.98 Å². The molecule has 0 aliphatic heterocycles. The Balaban J connectivity index is 2.22. The Morgan fingerprint density at radius 2 is 1.81 bits per heavy atom. The van der Waals surface area contributed by atoms with Crippen molar-refractivity contribution >= 4 is 16.9 Å². The third kappa shape index (κ3) is 3.09. The van der Waals surface area contributed by atoms with Crippen LogP contribution in [0.25, 0.3) is 16.9 Å². The van der Waals surface area contributed by atoms with Gasteiger partial charge in [-0.3, -0.25) is 23.3 Å². The predicted molar refractivity (Wildman–Crippen MR) is 118 cm³/mol. The van der Waals surface area contributed by atoms with Crippen LogP contribution in [0.3, 0.4) is 0 Å². The topological polar surface area (TPSA) is 104 Å². The van der Waals surface area contributed by atoms with E-state index in [1.54, 1.807) is 0 Å². The Labute approximate surface area is 176 Å². The van der Waals surface area contributed by atoms with Crippen molar-refractivity contribution in [2.75, 3.05) is 0 Å². The van der Waals surface area contributed by atoms with Crippen molar-refractivity contribution in [3.8, 4) is 5.88 Å². The smallest absolute Gasteiger partial charge is 0.332 e. The van der Waals surface area contributed by atoms with Crippen LogP contribution in [0.4, 0.5) is 0 Å². The Morgan fingerprint density at radius 3 is 2.45 bits per heavy atom. The summed E-state index contributed by atoms with van der Waals surface area (Å²) in [5.41, 5.74) is -0.326. The van der Waals surface area contributed by atoms with Crippen molar-refractivity contribution < 1.29 is 5.11 Å². The van der Waals surface area contributed by atoms with Gasteiger partial charge < -0.3 is 5.11 Å². The van der Waals surface area contributed by atoms with Gasteiger partial charge in [0.15, 0.2) is 11.2 Å². The largest absolute Gasteiger partial charge is 0.494 e. The standard InChI is InChI=1S/C22H23N5O4/c1-4-9-15-18(28)26(13-14-10-7-6-8-11-14)21-23-17-16(27(21)19(15)29)20(30)24(3)22(31)25(17)12-5-2/h5-8,10-11,29H,2,4,9,12-13H2,1,3H3. The number of fused-ring (bicyclic) bond motifs is 3. The van der Waals surface area contributed by atoms with E-state index in [-0.39, 0.29) is 47.0 Å². The van der Waals surface area contributed by atoms with Gasteiger partial charge in [0, 0.05) is 13.6 Å². The molecule has 0 saturated carbocycles. The average molecular weight is 421 g/mol. The second-order valence-electron chi connectivity index (χ2n) is 7.39. The van der Waals surface area contributed by atoms with Crippen molar-refractivity contribution in [2.24, 2.45) is 7.05 Å². The first-order valence-corrected chi connectivity index (χ1v) is 10.0. The van der Waals surface area contributed by atoms with Crippen LogP contribution in [0.2, 0.25) is 0 Å². The summed E-state index contributed by atoms with van der Waals surface area (Å²) in [5, 5.41) is 11.0. The molecule has 4 aromatic rings. The van der Waals surface area contributed by atoms with Gasteiger partial charge in [-0.1, -0.05) is 49.8 Å². The monoisotopic (exact) mass is 421 g/mol. The van der Waals surface area contributed by atoms with Gasteiger partial charge in [0.05, 0.1) is 12.1 Å². The lowest BCUT2D eigenvalue weighted by Crippen LogP contribution is -2.38. The van der Waals surface area contributed by atoms with Crippen LogP contribution in [-0.4, -0.2) is 28.2 Å². The van der Waals surface area contributed by atoms with Crippen molar-refractivity contribution in [3.63, 3.8) is 0 Å². The molecule has 0 fully saturated rings. The highest BCUT2D eigenvalue weighted by molar-refractivity contribution is 5.76. The molecular formula is C22H23N5O4.